The summed E-state index contributed by atoms with van der Waals surface area (Å²) >= 11 is 0. The van der Waals surface area contributed by atoms with Gasteiger partial charge in [0.1, 0.15) is 21.8 Å². The predicted molar refractivity (Wildman–Crippen MR) is 127 cm³/mol. The fourth-order valence-corrected chi connectivity index (χ4v) is 3.49. The number of nitrogens with one attached hydrogen (secondary N) is 1. The Morgan fingerprint density at radius 3 is 1.91 bits per heavy atom. The molecule has 0 bridgehead atoms. The molecule has 5 unspecified atom stereocenters. The van der Waals surface area contributed by atoms with Crippen molar-refractivity contribution in [2.45, 2.75) is 49.9 Å². The third-order valence-electron chi connectivity index (χ3n) is 4.60. The first-order valence-electron chi connectivity index (χ1n) is 11.4. The summed E-state index contributed by atoms with van der Waals surface area (Å²) in [5.41, 5.74) is 4.90. The molecule has 194 valence electrons. The molecule has 2 rings (SSSR count). The Bertz CT molecular complexity index is 518. The number of hydrogen-bond acceptors (Lipinski definition) is 9. The molecule has 2 amide bonds. The fourth-order valence-electron chi connectivity index (χ4n) is 2.89. The summed E-state index contributed by atoms with van der Waals surface area (Å²) in [5, 5.41) is 9.32. The van der Waals surface area contributed by atoms with Crippen LogP contribution in [0.3, 0.4) is 0 Å². The van der Waals surface area contributed by atoms with Crippen LogP contribution in [0.4, 0.5) is 4.79 Å². The number of amides is 2. The van der Waals surface area contributed by atoms with E-state index in [9.17, 15) is 9.69 Å². The van der Waals surface area contributed by atoms with Crippen molar-refractivity contribution in [1.29, 1.82) is 0 Å². The van der Waals surface area contributed by atoms with Gasteiger partial charge in [0.15, 0.2) is 6.61 Å². The van der Waals surface area contributed by atoms with Gasteiger partial charge in [-0.15, -0.1) is 0 Å². The van der Waals surface area contributed by atoms with Crippen molar-refractivity contribution in [2.75, 3.05) is 66.0 Å². The lowest BCUT2D eigenvalue weighted by atomic mass is 9.97. The van der Waals surface area contributed by atoms with Gasteiger partial charge in [0.2, 0.25) is 0 Å². The summed E-state index contributed by atoms with van der Waals surface area (Å²) in [6, 6.07) is -0.903. The summed E-state index contributed by atoms with van der Waals surface area (Å²) in [7, 11) is 9.07. The van der Waals surface area contributed by atoms with E-state index in [1.54, 1.807) is 0 Å². The van der Waals surface area contributed by atoms with Crippen molar-refractivity contribution >= 4 is 30.3 Å². The monoisotopic (exact) mass is 507 g/mol. The van der Waals surface area contributed by atoms with Gasteiger partial charge in [0.25, 0.3) is 0 Å². The van der Waals surface area contributed by atoms with Crippen molar-refractivity contribution in [3.8, 4) is 0 Å². The van der Waals surface area contributed by atoms with Gasteiger partial charge in [-0.25, -0.2) is 4.79 Å². The Kier molecular flexibility index (Phi) is 19.1. The first kappa shape index (κ1) is 31.5. The molecule has 4 radical (unpaired) electrons. The first-order chi connectivity index (χ1) is 16.4. The van der Waals surface area contributed by atoms with E-state index in [0.29, 0.717) is 52.8 Å². The Hall–Kier alpha value is -0.530. The highest BCUT2D eigenvalue weighted by atomic mass is 31.2. The van der Waals surface area contributed by atoms with Crippen LogP contribution in [0.5, 0.6) is 0 Å². The van der Waals surface area contributed by atoms with Gasteiger partial charge in [-0.05, 0) is 25.7 Å². The van der Waals surface area contributed by atoms with Crippen molar-refractivity contribution in [1.82, 2.24) is 5.32 Å². The third-order valence-corrected chi connectivity index (χ3v) is 5.37. The minimum absolute atomic E-state index is 0.0810. The van der Waals surface area contributed by atoms with Crippen molar-refractivity contribution in [3.05, 3.63) is 0 Å². The molecule has 2 saturated heterocycles. The quantitative estimate of drug-likeness (QED) is 0.0972. The molecular formula is C19H38B2N2O10P+. The second kappa shape index (κ2) is 20.6. The van der Waals surface area contributed by atoms with Gasteiger partial charge in [0.05, 0.1) is 59.0 Å². The van der Waals surface area contributed by atoms with Gasteiger partial charge in [-0.3, -0.25) is 0 Å². The van der Waals surface area contributed by atoms with Crippen LogP contribution in [0.25, 0.3) is 0 Å². The van der Waals surface area contributed by atoms with Gasteiger partial charge in [-0.2, -0.15) is 0 Å². The average molecular weight is 507 g/mol. The summed E-state index contributed by atoms with van der Waals surface area (Å²) in [6.45, 7) is 3.61. The molecule has 2 aliphatic heterocycles. The maximum atomic E-state index is 10.4. The molecule has 34 heavy (non-hydrogen) atoms. The molecule has 0 aromatic rings. The minimum Gasteiger partial charge on any atom is -0.444 e. The zero-order valence-electron chi connectivity index (χ0n) is 19.6. The number of carbonyl (C=O) groups is 1. The molecule has 0 saturated carbocycles. The van der Waals surface area contributed by atoms with Crippen LogP contribution in [0.2, 0.25) is 0 Å². The molecule has 0 spiro atoms. The Balaban J connectivity index is 0.000000605. The maximum Gasteiger partial charge on any atom is 0.330 e. The van der Waals surface area contributed by atoms with Crippen LogP contribution < -0.4 is 11.1 Å². The zero-order valence-corrected chi connectivity index (χ0v) is 20.5. The van der Waals surface area contributed by atoms with E-state index in [2.05, 4.69) is 5.32 Å². The standard InChI is InChI=1S/C14H28BN2O8P.C5H9BO2/c15-13-2-1-12(25-13)11-24-26(19)23-10-9-22-8-7-21-6-5-20-4-3-17-14(16)18;6-5-2-1-4(3-7)8-5/h12-13,19H,1-11H2,(H3,16,17,18);4-5,7H,1-3H2/p+1. The maximum absolute atomic E-state index is 10.4. The molecule has 6 N–H and O–H groups in total. The Labute approximate surface area is 205 Å². The van der Waals surface area contributed by atoms with Crippen LogP contribution in [0.1, 0.15) is 25.7 Å². The largest absolute Gasteiger partial charge is 0.444 e. The van der Waals surface area contributed by atoms with Crippen molar-refractivity contribution in [3.63, 3.8) is 0 Å². The Morgan fingerprint density at radius 1 is 0.912 bits per heavy atom. The SMILES string of the molecule is [B]C1CCC(COP(O)OCCOCCOCCOCCNC(N)=O)O1.[B]C1CCC(C[OH2+])O1. The van der Waals surface area contributed by atoms with Crippen LogP contribution in [-0.2, 0) is 32.7 Å². The van der Waals surface area contributed by atoms with E-state index in [0.717, 1.165) is 25.7 Å². The van der Waals surface area contributed by atoms with Gasteiger partial charge in [-0.1, -0.05) is 0 Å². The van der Waals surface area contributed by atoms with Crippen LogP contribution in [-0.4, -0.2) is 122 Å². The molecule has 0 aromatic carbocycles. The first-order valence-corrected chi connectivity index (χ1v) is 12.5. The highest BCUT2D eigenvalue weighted by Crippen LogP contribution is 2.33. The molecule has 2 aliphatic rings. The number of rotatable bonds is 17. The van der Waals surface area contributed by atoms with Gasteiger partial charge < -0.3 is 53.8 Å². The molecule has 15 heteroatoms. The molecule has 0 aliphatic carbocycles. The highest BCUT2D eigenvalue weighted by Gasteiger charge is 2.23. The van der Waals surface area contributed by atoms with Crippen LogP contribution in [0.15, 0.2) is 0 Å². The molecule has 2 heterocycles. The van der Waals surface area contributed by atoms with E-state index < -0.39 is 14.6 Å². The molecule has 12 nitrogen and oxygen atoms in total. The van der Waals surface area contributed by atoms with Crippen LogP contribution in [0, 0.1) is 0 Å². The van der Waals surface area contributed by atoms with E-state index >= 15 is 0 Å². The number of hydrogen-bond donors (Lipinski definition) is 3. The van der Waals surface area contributed by atoms with Crippen LogP contribution >= 0.6 is 8.60 Å². The number of primary amides is 1. The van der Waals surface area contributed by atoms with Crippen molar-refractivity contribution < 1.29 is 47.5 Å². The number of urea groups is 1. The summed E-state index contributed by atoms with van der Waals surface area (Å²) in [4.78, 5) is 20.0. The Morgan fingerprint density at radius 2 is 1.44 bits per heavy atom. The second-order valence-corrected chi connectivity index (χ2v) is 8.44. The van der Waals surface area contributed by atoms with E-state index in [4.69, 9.17) is 59.3 Å². The normalized spacial score (nSPS) is 25.0. The molecular weight excluding hydrogens is 469 g/mol. The zero-order chi connectivity index (χ0) is 25.0. The van der Waals surface area contributed by atoms with Gasteiger partial charge in [0, 0.05) is 18.6 Å². The lowest BCUT2D eigenvalue weighted by molar-refractivity contribution is 0.00743. The molecule has 0 aromatic heterocycles. The summed E-state index contributed by atoms with van der Waals surface area (Å²) in [6.07, 6.45) is 3.54. The van der Waals surface area contributed by atoms with E-state index in [-0.39, 0.29) is 37.4 Å². The summed E-state index contributed by atoms with van der Waals surface area (Å²) < 4.78 is 36.6. The predicted octanol–water partition coefficient (Wildman–Crippen LogP) is -0.985. The topological polar surface area (TPSA) is 163 Å². The number of carbonyl (C=O) groups excluding carboxylic acids is 1. The lowest BCUT2D eigenvalue weighted by Gasteiger charge is -2.14. The average Bonchev–Trinajstić information content (AvgIpc) is 3.43. The third kappa shape index (κ3) is 17.8. The van der Waals surface area contributed by atoms with E-state index in [1.807, 2.05) is 0 Å². The fraction of sp³-hybridized carbons (Fsp3) is 0.947. The summed E-state index contributed by atoms with van der Waals surface area (Å²) in [5.74, 6) is 0. The van der Waals surface area contributed by atoms with Gasteiger partial charge >= 0.3 is 14.6 Å². The lowest BCUT2D eigenvalue weighted by Crippen LogP contribution is -2.32. The highest BCUT2D eigenvalue weighted by molar-refractivity contribution is 7.40. The molecule has 5 atom stereocenters. The minimum atomic E-state index is -1.94. The van der Waals surface area contributed by atoms with Crippen molar-refractivity contribution in [2.24, 2.45) is 5.73 Å². The number of ether oxygens (including phenoxy) is 5. The second-order valence-electron chi connectivity index (χ2n) is 7.45. The smallest absolute Gasteiger partial charge is 0.330 e. The molecule has 2 fully saturated rings. The number of nitrogens with two attached hydrogens (primary N) is 1. The van der Waals surface area contributed by atoms with E-state index in [1.165, 1.54) is 0 Å².